The number of alkyl halides is 3. The summed E-state index contributed by atoms with van der Waals surface area (Å²) in [6, 6.07) is 4.54. The average molecular weight is 308 g/mol. The molecule has 0 radical (unpaired) electrons. The largest absolute Gasteiger partial charge is 0.321 e. The van der Waals surface area contributed by atoms with Gasteiger partial charge in [-0.25, -0.2) is 0 Å². The number of rotatable bonds is 1. The fraction of sp³-hybridized carbons (Fsp3) is 0.273. The predicted molar refractivity (Wildman–Crippen MR) is 74.4 cm³/mol. The molecule has 1 aliphatic heterocycles. The number of nitro benzene ring substituents is 1. The molecule has 1 aliphatic rings. The van der Waals surface area contributed by atoms with E-state index in [1.54, 1.807) is 24.3 Å². The lowest BCUT2D eigenvalue weighted by Gasteiger charge is -2.38. The lowest BCUT2D eigenvalue weighted by Crippen LogP contribution is -2.43. The van der Waals surface area contributed by atoms with Gasteiger partial charge in [0.15, 0.2) is 0 Å². The fourth-order valence-electron chi connectivity index (χ4n) is 1.99. The van der Waals surface area contributed by atoms with Crippen LogP contribution in [0.4, 0.5) is 11.4 Å². The zero-order valence-electron chi connectivity index (χ0n) is 9.31. The van der Waals surface area contributed by atoms with Crippen molar-refractivity contribution in [3.8, 4) is 0 Å². The Morgan fingerprint density at radius 1 is 1.39 bits per heavy atom. The summed E-state index contributed by atoms with van der Waals surface area (Å²) in [7, 11) is 0. The molecule has 0 aromatic heterocycles. The first-order valence-electron chi connectivity index (χ1n) is 5.14. The van der Waals surface area contributed by atoms with Crippen LogP contribution >= 0.6 is 34.8 Å². The first-order valence-corrected chi connectivity index (χ1v) is 6.27. The molecule has 1 aromatic rings. The van der Waals surface area contributed by atoms with E-state index in [1.165, 1.54) is 11.0 Å². The summed E-state index contributed by atoms with van der Waals surface area (Å²) >= 11 is 17.8. The topological polar surface area (TPSA) is 46.4 Å². The van der Waals surface area contributed by atoms with Gasteiger partial charge in [0, 0.05) is 12.1 Å². The minimum absolute atomic E-state index is 0.00472. The molecule has 1 aromatic carbocycles. The number of fused-ring (bicyclic) bond motifs is 1. The molecule has 0 spiro atoms. The molecule has 96 valence electrons. The zero-order valence-corrected chi connectivity index (χ0v) is 11.6. The molecule has 7 heteroatoms. The summed E-state index contributed by atoms with van der Waals surface area (Å²) in [5.41, 5.74) is 0.987. The fourth-order valence-corrected chi connectivity index (χ4v) is 2.72. The van der Waals surface area contributed by atoms with Gasteiger partial charge in [0.2, 0.25) is 0 Å². The van der Waals surface area contributed by atoms with E-state index in [9.17, 15) is 10.1 Å². The van der Waals surface area contributed by atoms with Crippen molar-refractivity contribution in [2.24, 2.45) is 0 Å². The Morgan fingerprint density at radius 3 is 2.61 bits per heavy atom. The maximum absolute atomic E-state index is 11.0. The van der Waals surface area contributed by atoms with Gasteiger partial charge < -0.3 is 4.90 Å². The van der Waals surface area contributed by atoms with Gasteiger partial charge in [0.25, 0.3) is 9.60 Å². The Balaban J connectivity index is 2.64. The van der Waals surface area contributed by atoms with Gasteiger partial charge >= 0.3 is 0 Å². The Kier molecular flexibility index (Phi) is 3.45. The van der Waals surface area contributed by atoms with Crippen molar-refractivity contribution in [1.29, 1.82) is 0 Å². The van der Waals surface area contributed by atoms with Crippen molar-refractivity contribution in [3.05, 3.63) is 40.0 Å². The highest BCUT2D eigenvalue weighted by Crippen LogP contribution is 2.43. The molecule has 0 bridgehead atoms. The second-order valence-electron chi connectivity index (χ2n) is 3.90. The van der Waals surface area contributed by atoms with Crippen LogP contribution in [-0.4, -0.2) is 14.9 Å². The molecular weight excluding hydrogens is 298 g/mol. The Morgan fingerprint density at radius 2 is 2.06 bits per heavy atom. The molecule has 0 N–H and O–H groups in total. The van der Waals surface area contributed by atoms with E-state index in [-0.39, 0.29) is 11.7 Å². The smallest absolute Gasteiger partial charge is 0.278 e. The van der Waals surface area contributed by atoms with E-state index in [1.807, 2.05) is 6.92 Å². The zero-order chi connectivity index (χ0) is 13.5. The third-order valence-corrected chi connectivity index (χ3v) is 3.28. The number of nitro groups is 1. The molecule has 0 fully saturated rings. The van der Waals surface area contributed by atoms with E-state index in [4.69, 9.17) is 34.8 Å². The Bertz CT molecular complexity index is 526. The maximum Gasteiger partial charge on any atom is 0.278 e. The van der Waals surface area contributed by atoms with Gasteiger partial charge in [-0.3, -0.25) is 10.1 Å². The SMILES string of the molecule is CC1C=Cc2c(cccc2[N+](=O)[O-])N1C(Cl)(Cl)Cl. The molecule has 0 saturated carbocycles. The molecule has 4 nitrogen and oxygen atoms in total. The van der Waals surface area contributed by atoms with Crippen LogP contribution < -0.4 is 4.90 Å². The molecule has 18 heavy (non-hydrogen) atoms. The molecule has 1 atom stereocenters. The number of anilines is 1. The van der Waals surface area contributed by atoms with Crippen molar-refractivity contribution in [2.75, 3.05) is 4.90 Å². The van der Waals surface area contributed by atoms with E-state index >= 15 is 0 Å². The lowest BCUT2D eigenvalue weighted by atomic mass is 10.0. The van der Waals surface area contributed by atoms with Crippen LogP contribution in [-0.2, 0) is 0 Å². The van der Waals surface area contributed by atoms with Gasteiger partial charge in [-0.05, 0) is 19.1 Å². The second kappa shape index (κ2) is 4.61. The summed E-state index contributed by atoms with van der Waals surface area (Å²) in [5.74, 6) is 0. The van der Waals surface area contributed by atoms with Gasteiger partial charge in [-0.15, -0.1) is 0 Å². The molecule has 1 unspecified atom stereocenters. The van der Waals surface area contributed by atoms with Gasteiger partial charge in [0.05, 0.1) is 16.2 Å². The Hall–Kier alpha value is -0.970. The van der Waals surface area contributed by atoms with Crippen LogP contribution in [0.25, 0.3) is 6.08 Å². The van der Waals surface area contributed by atoms with Crippen LogP contribution in [0.3, 0.4) is 0 Å². The first kappa shape index (κ1) is 13.5. The predicted octanol–water partition coefficient (Wildman–Crippen LogP) is 4.14. The van der Waals surface area contributed by atoms with Gasteiger partial charge in [-0.1, -0.05) is 46.9 Å². The van der Waals surface area contributed by atoms with E-state index in [0.29, 0.717) is 11.3 Å². The average Bonchev–Trinajstić information content (AvgIpc) is 2.25. The number of hydrogen-bond donors (Lipinski definition) is 0. The van der Waals surface area contributed by atoms with Crippen molar-refractivity contribution in [1.82, 2.24) is 0 Å². The van der Waals surface area contributed by atoms with Crippen LogP contribution in [0.5, 0.6) is 0 Å². The van der Waals surface area contributed by atoms with E-state index in [0.717, 1.165) is 0 Å². The van der Waals surface area contributed by atoms with Crippen molar-refractivity contribution in [3.63, 3.8) is 0 Å². The summed E-state index contributed by atoms with van der Waals surface area (Å²) in [4.78, 5) is 12.0. The van der Waals surface area contributed by atoms with Gasteiger partial charge in [-0.2, -0.15) is 0 Å². The minimum atomic E-state index is -1.66. The molecule has 0 aliphatic carbocycles. The third-order valence-electron chi connectivity index (χ3n) is 2.74. The van der Waals surface area contributed by atoms with Crippen LogP contribution in [0.2, 0.25) is 0 Å². The summed E-state index contributed by atoms with van der Waals surface area (Å²) in [6.45, 7) is 1.85. The first-order chi connectivity index (χ1) is 8.32. The number of nitrogens with zero attached hydrogens (tertiary/aromatic N) is 2. The highest BCUT2D eigenvalue weighted by molar-refractivity contribution is 6.68. The van der Waals surface area contributed by atoms with E-state index in [2.05, 4.69) is 0 Å². The van der Waals surface area contributed by atoms with Crippen molar-refractivity contribution in [2.45, 2.75) is 16.9 Å². The van der Waals surface area contributed by atoms with E-state index < -0.39 is 8.84 Å². The maximum atomic E-state index is 11.0. The van der Waals surface area contributed by atoms with Crippen LogP contribution in [0.1, 0.15) is 12.5 Å². The summed E-state index contributed by atoms with van der Waals surface area (Å²) < 4.78 is -1.66. The molecule has 2 rings (SSSR count). The molecule has 0 saturated heterocycles. The standard InChI is InChI=1S/C11H9Cl3N2O2/c1-7-5-6-8-9(15(7)11(12,13)14)3-2-4-10(8)16(17)18/h2-7H,1H3. The monoisotopic (exact) mass is 306 g/mol. The Labute approximate surface area is 119 Å². The highest BCUT2D eigenvalue weighted by Gasteiger charge is 2.37. The van der Waals surface area contributed by atoms with Crippen molar-refractivity contribution >= 4 is 52.3 Å². The number of benzene rings is 1. The highest BCUT2D eigenvalue weighted by atomic mass is 35.6. The lowest BCUT2D eigenvalue weighted by molar-refractivity contribution is -0.385. The number of hydrogen-bond acceptors (Lipinski definition) is 3. The van der Waals surface area contributed by atoms with Crippen LogP contribution in [0.15, 0.2) is 24.3 Å². The summed E-state index contributed by atoms with van der Waals surface area (Å²) in [6.07, 6.45) is 3.45. The quantitative estimate of drug-likeness (QED) is 0.339. The minimum Gasteiger partial charge on any atom is -0.321 e. The summed E-state index contributed by atoms with van der Waals surface area (Å²) in [5, 5.41) is 11.0. The number of halogens is 3. The molecule has 0 amide bonds. The second-order valence-corrected chi connectivity index (χ2v) is 6.13. The third kappa shape index (κ3) is 2.28. The van der Waals surface area contributed by atoms with Crippen molar-refractivity contribution < 1.29 is 4.92 Å². The van der Waals surface area contributed by atoms with Gasteiger partial charge in [0.1, 0.15) is 0 Å². The molecule has 1 heterocycles. The normalized spacial score (nSPS) is 18.7. The van der Waals surface area contributed by atoms with Crippen LogP contribution in [0, 0.1) is 10.1 Å². The molecular formula is C11H9Cl3N2O2.